The molecule has 0 atom stereocenters. The van der Waals surface area contributed by atoms with Crippen molar-refractivity contribution >= 4 is 27.7 Å². The molecular weight excluding hydrogens is 301 g/mol. The Morgan fingerprint density at radius 1 is 1.33 bits per heavy atom. The first-order valence-electron chi connectivity index (χ1n) is 5.11. The Hall–Kier alpha value is -1.82. The molecular formula is C12H9BrFN3O. The normalized spacial score (nSPS) is 10.2. The van der Waals surface area contributed by atoms with E-state index in [1.165, 1.54) is 18.5 Å². The molecule has 0 bridgehead atoms. The van der Waals surface area contributed by atoms with Crippen LogP contribution in [0.3, 0.4) is 0 Å². The number of nitrogens with zero attached hydrogens (tertiary/aromatic N) is 2. The van der Waals surface area contributed by atoms with E-state index < -0.39 is 11.7 Å². The molecule has 1 heterocycles. The van der Waals surface area contributed by atoms with Crippen molar-refractivity contribution < 1.29 is 9.18 Å². The van der Waals surface area contributed by atoms with Gasteiger partial charge in [0.2, 0.25) is 0 Å². The number of anilines is 1. The lowest BCUT2D eigenvalue weighted by Crippen LogP contribution is -2.13. The Kier molecular flexibility index (Phi) is 3.66. The molecule has 1 amide bonds. The Labute approximate surface area is 111 Å². The summed E-state index contributed by atoms with van der Waals surface area (Å²) < 4.78 is 13.9. The second-order valence-electron chi connectivity index (χ2n) is 3.64. The van der Waals surface area contributed by atoms with E-state index in [-0.39, 0.29) is 5.56 Å². The summed E-state index contributed by atoms with van der Waals surface area (Å²) in [6.07, 6.45) is 2.87. The Balaban J connectivity index is 2.16. The van der Waals surface area contributed by atoms with E-state index in [0.717, 1.165) is 0 Å². The quantitative estimate of drug-likeness (QED) is 0.928. The molecule has 6 heteroatoms. The molecule has 0 aliphatic carbocycles. The van der Waals surface area contributed by atoms with Gasteiger partial charge in [-0.05, 0) is 40.5 Å². The molecule has 2 rings (SSSR count). The highest BCUT2D eigenvalue weighted by molar-refractivity contribution is 9.10. The zero-order valence-electron chi connectivity index (χ0n) is 9.45. The summed E-state index contributed by atoms with van der Waals surface area (Å²) in [5.41, 5.74) is 0.734. The molecule has 0 radical (unpaired) electrons. The third-order valence-electron chi connectivity index (χ3n) is 2.30. The third-order valence-corrected chi connectivity index (χ3v) is 2.71. The summed E-state index contributed by atoms with van der Waals surface area (Å²) in [5.74, 6) is -0.528. The standard InChI is InChI=1S/C12H9BrFN3O/c1-7-2-3-8(4-9(7)14)12(18)17-11-6-15-10(13)5-16-11/h2-6H,1H3,(H,16,17,18). The van der Waals surface area contributed by atoms with Crippen molar-refractivity contribution in [2.75, 3.05) is 5.32 Å². The van der Waals surface area contributed by atoms with Crippen LogP contribution in [-0.4, -0.2) is 15.9 Å². The van der Waals surface area contributed by atoms with Crippen LogP contribution < -0.4 is 5.32 Å². The smallest absolute Gasteiger partial charge is 0.256 e. The minimum Gasteiger partial charge on any atom is -0.305 e. The van der Waals surface area contributed by atoms with Crippen molar-refractivity contribution in [2.24, 2.45) is 0 Å². The van der Waals surface area contributed by atoms with Gasteiger partial charge >= 0.3 is 0 Å². The molecule has 0 saturated carbocycles. The number of aromatic nitrogens is 2. The topological polar surface area (TPSA) is 54.9 Å². The van der Waals surface area contributed by atoms with Gasteiger partial charge in [0.25, 0.3) is 5.91 Å². The van der Waals surface area contributed by atoms with E-state index in [0.29, 0.717) is 16.0 Å². The number of carbonyl (C=O) groups is 1. The van der Waals surface area contributed by atoms with Crippen LogP contribution in [0.15, 0.2) is 35.2 Å². The van der Waals surface area contributed by atoms with Crippen LogP contribution >= 0.6 is 15.9 Å². The van der Waals surface area contributed by atoms with Crippen LogP contribution in [0.4, 0.5) is 10.2 Å². The fourth-order valence-electron chi connectivity index (χ4n) is 1.30. The van der Waals surface area contributed by atoms with Crippen LogP contribution in [0.2, 0.25) is 0 Å². The zero-order valence-corrected chi connectivity index (χ0v) is 11.0. The molecule has 0 aliphatic rings. The molecule has 2 aromatic rings. The van der Waals surface area contributed by atoms with Gasteiger partial charge in [0, 0.05) is 5.56 Å². The lowest BCUT2D eigenvalue weighted by molar-refractivity contribution is 0.102. The SMILES string of the molecule is Cc1ccc(C(=O)Nc2cnc(Br)cn2)cc1F. The minimum absolute atomic E-state index is 0.239. The first kappa shape index (κ1) is 12.6. The maximum absolute atomic E-state index is 13.3. The predicted octanol–water partition coefficient (Wildman–Crippen LogP) is 2.94. The molecule has 1 aromatic heterocycles. The largest absolute Gasteiger partial charge is 0.305 e. The van der Waals surface area contributed by atoms with E-state index in [2.05, 4.69) is 31.2 Å². The summed E-state index contributed by atoms with van der Waals surface area (Å²) in [6.45, 7) is 1.64. The van der Waals surface area contributed by atoms with E-state index >= 15 is 0 Å². The van der Waals surface area contributed by atoms with Gasteiger partial charge in [0.05, 0.1) is 12.4 Å². The number of hydrogen-bond acceptors (Lipinski definition) is 3. The monoisotopic (exact) mass is 309 g/mol. The minimum atomic E-state index is -0.425. The van der Waals surface area contributed by atoms with E-state index in [1.54, 1.807) is 19.1 Å². The van der Waals surface area contributed by atoms with Gasteiger partial charge in [-0.2, -0.15) is 0 Å². The first-order valence-corrected chi connectivity index (χ1v) is 5.90. The molecule has 92 valence electrons. The van der Waals surface area contributed by atoms with Gasteiger partial charge in [0.1, 0.15) is 10.4 Å². The van der Waals surface area contributed by atoms with Crippen LogP contribution in [0.25, 0.3) is 0 Å². The van der Waals surface area contributed by atoms with Crippen molar-refractivity contribution in [3.8, 4) is 0 Å². The van der Waals surface area contributed by atoms with Gasteiger partial charge in [-0.3, -0.25) is 4.79 Å². The maximum Gasteiger partial charge on any atom is 0.256 e. The Morgan fingerprint density at radius 3 is 2.72 bits per heavy atom. The van der Waals surface area contributed by atoms with Crippen molar-refractivity contribution in [1.82, 2.24) is 9.97 Å². The number of amides is 1. The van der Waals surface area contributed by atoms with Crippen LogP contribution in [-0.2, 0) is 0 Å². The number of nitrogens with one attached hydrogen (secondary N) is 1. The number of halogens is 2. The van der Waals surface area contributed by atoms with Crippen LogP contribution in [0.5, 0.6) is 0 Å². The molecule has 18 heavy (non-hydrogen) atoms. The molecule has 4 nitrogen and oxygen atoms in total. The van der Waals surface area contributed by atoms with Gasteiger partial charge in [0.15, 0.2) is 5.82 Å². The highest BCUT2D eigenvalue weighted by Gasteiger charge is 2.09. The summed E-state index contributed by atoms with van der Waals surface area (Å²) >= 11 is 3.14. The molecule has 0 aliphatic heterocycles. The molecule has 1 aromatic carbocycles. The highest BCUT2D eigenvalue weighted by Crippen LogP contribution is 2.12. The second kappa shape index (κ2) is 5.22. The van der Waals surface area contributed by atoms with Crippen LogP contribution in [0.1, 0.15) is 15.9 Å². The van der Waals surface area contributed by atoms with Gasteiger partial charge in [-0.15, -0.1) is 0 Å². The lowest BCUT2D eigenvalue weighted by atomic mass is 10.1. The number of rotatable bonds is 2. The van der Waals surface area contributed by atoms with E-state index in [1.807, 2.05) is 0 Å². The Bertz CT molecular complexity index is 586. The van der Waals surface area contributed by atoms with Crippen molar-refractivity contribution in [1.29, 1.82) is 0 Å². The fourth-order valence-corrected chi connectivity index (χ4v) is 1.50. The third kappa shape index (κ3) is 2.89. The Morgan fingerprint density at radius 2 is 2.11 bits per heavy atom. The van der Waals surface area contributed by atoms with Gasteiger partial charge < -0.3 is 5.32 Å². The lowest BCUT2D eigenvalue weighted by Gasteiger charge is -2.05. The van der Waals surface area contributed by atoms with Crippen molar-refractivity contribution in [2.45, 2.75) is 6.92 Å². The van der Waals surface area contributed by atoms with Crippen molar-refractivity contribution in [3.63, 3.8) is 0 Å². The summed E-state index contributed by atoms with van der Waals surface area (Å²) in [6, 6.07) is 4.30. The molecule has 0 spiro atoms. The van der Waals surface area contributed by atoms with E-state index in [9.17, 15) is 9.18 Å². The van der Waals surface area contributed by atoms with Crippen molar-refractivity contribution in [3.05, 3.63) is 52.1 Å². The molecule has 0 unspecified atom stereocenters. The summed E-state index contributed by atoms with van der Waals surface area (Å²) in [4.78, 5) is 19.7. The predicted molar refractivity (Wildman–Crippen MR) is 68.8 cm³/mol. The summed E-state index contributed by atoms with van der Waals surface area (Å²) in [7, 11) is 0. The average molecular weight is 310 g/mol. The molecule has 1 N–H and O–H groups in total. The molecule has 0 saturated heterocycles. The molecule has 0 fully saturated rings. The maximum atomic E-state index is 13.3. The number of benzene rings is 1. The fraction of sp³-hybridized carbons (Fsp3) is 0.0833. The van der Waals surface area contributed by atoms with Gasteiger partial charge in [-0.1, -0.05) is 6.07 Å². The zero-order chi connectivity index (χ0) is 13.1. The average Bonchev–Trinajstić information content (AvgIpc) is 2.35. The number of carbonyl (C=O) groups excluding carboxylic acids is 1. The highest BCUT2D eigenvalue weighted by atomic mass is 79.9. The number of hydrogen-bond donors (Lipinski definition) is 1. The first-order chi connectivity index (χ1) is 8.56. The van der Waals surface area contributed by atoms with Gasteiger partial charge in [-0.25, -0.2) is 14.4 Å². The van der Waals surface area contributed by atoms with Crippen LogP contribution in [0, 0.1) is 12.7 Å². The second-order valence-corrected chi connectivity index (χ2v) is 4.45. The van der Waals surface area contributed by atoms with E-state index in [4.69, 9.17) is 0 Å². The summed E-state index contributed by atoms with van der Waals surface area (Å²) in [5, 5.41) is 2.53. The number of aryl methyl sites for hydroxylation is 1.